The zero-order valence-electron chi connectivity index (χ0n) is 18.9. The van der Waals surface area contributed by atoms with Crippen molar-refractivity contribution < 1.29 is 19.2 Å². The van der Waals surface area contributed by atoms with Crippen LogP contribution in [-0.4, -0.2) is 55.7 Å². The van der Waals surface area contributed by atoms with Crippen LogP contribution in [0.3, 0.4) is 0 Å². The van der Waals surface area contributed by atoms with Crippen LogP contribution >= 0.6 is 0 Å². The molecule has 176 valence electrons. The summed E-state index contributed by atoms with van der Waals surface area (Å²) in [5.74, 6) is 0.0154. The van der Waals surface area contributed by atoms with Crippen LogP contribution in [-0.2, 0) is 25.6 Å². The number of hydrogen-bond acceptors (Lipinski definition) is 5. The first-order valence-corrected chi connectivity index (χ1v) is 11.6. The fraction of sp³-hybridized carbons (Fsp3) is 0.583. The summed E-state index contributed by atoms with van der Waals surface area (Å²) in [6.07, 6.45) is 6.90. The number of aldehydes is 1. The van der Waals surface area contributed by atoms with E-state index in [1.807, 2.05) is 30.3 Å². The number of carbonyl (C=O) groups is 4. The van der Waals surface area contributed by atoms with Gasteiger partial charge in [-0.25, -0.2) is 0 Å². The standard InChI is InChI=1S/C24H36N4O4/c1-2-18-8-10-20(11-9-18)28-22(30)12-13-25-21(16-19-6-4-3-5-7-19)24(32)27-17-23(31)26-14-15-29/h3-7,15,18,20-21,25H,2,8-14,16-17H2,1H3,(H,26,31)(H,27,32)(H,28,30)/t18?,20?,21-/m0/s1. The molecule has 0 aromatic heterocycles. The summed E-state index contributed by atoms with van der Waals surface area (Å²) in [6, 6.07) is 9.23. The zero-order chi connectivity index (χ0) is 23.2. The smallest absolute Gasteiger partial charge is 0.239 e. The Morgan fingerprint density at radius 1 is 1.03 bits per heavy atom. The highest BCUT2D eigenvalue weighted by atomic mass is 16.2. The molecule has 1 aliphatic carbocycles. The lowest BCUT2D eigenvalue weighted by molar-refractivity contribution is -0.127. The lowest BCUT2D eigenvalue weighted by Gasteiger charge is -2.28. The molecular formula is C24H36N4O4. The van der Waals surface area contributed by atoms with Crippen LogP contribution in [0.15, 0.2) is 30.3 Å². The van der Waals surface area contributed by atoms with E-state index in [1.54, 1.807) is 0 Å². The lowest BCUT2D eigenvalue weighted by Crippen LogP contribution is -2.49. The molecule has 2 rings (SSSR count). The van der Waals surface area contributed by atoms with E-state index in [-0.39, 0.29) is 37.4 Å². The Hall–Kier alpha value is -2.74. The van der Waals surface area contributed by atoms with Crippen molar-refractivity contribution in [3.8, 4) is 0 Å². The van der Waals surface area contributed by atoms with Gasteiger partial charge in [-0.2, -0.15) is 0 Å². The fourth-order valence-electron chi connectivity index (χ4n) is 3.99. The summed E-state index contributed by atoms with van der Waals surface area (Å²) < 4.78 is 0. The van der Waals surface area contributed by atoms with Gasteiger partial charge in [-0.05, 0) is 43.6 Å². The minimum Gasteiger partial charge on any atom is -0.353 e. The van der Waals surface area contributed by atoms with E-state index in [0.29, 0.717) is 19.3 Å². The molecule has 0 unspecified atom stereocenters. The van der Waals surface area contributed by atoms with Gasteiger partial charge in [-0.15, -0.1) is 0 Å². The summed E-state index contributed by atoms with van der Waals surface area (Å²) in [5, 5.41) is 11.3. The van der Waals surface area contributed by atoms with Gasteiger partial charge in [-0.1, -0.05) is 43.7 Å². The summed E-state index contributed by atoms with van der Waals surface area (Å²) in [5.41, 5.74) is 0.975. The van der Waals surface area contributed by atoms with Gasteiger partial charge in [0.15, 0.2) is 0 Å². The van der Waals surface area contributed by atoms with Gasteiger partial charge >= 0.3 is 0 Å². The van der Waals surface area contributed by atoms with Gasteiger partial charge in [0.05, 0.1) is 19.1 Å². The van der Waals surface area contributed by atoms with Gasteiger partial charge in [0.1, 0.15) is 6.29 Å². The molecule has 1 aliphatic rings. The minimum absolute atomic E-state index is 0.00967. The van der Waals surface area contributed by atoms with Gasteiger partial charge in [0, 0.05) is 19.0 Å². The third-order valence-electron chi connectivity index (χ3n) is 5.94. The normalized spacial score (nSPS) is 18.9. The maximum Gasteiger partial charge on any atom is 0.239 e. The Morgan fingerprint density at radius 3 is 2.41 bits per heavy atom. The minimum atomic E-state index is -0.580. The van der Waals surface area contributed by atoms with Crippen molar-refractivity contribution in [3.05, 3.63) is 35.9 Å². The first-order chi connectivity index (χ1) is 15.5. The van der Waals surface area contributed by atoms with E-state index in [1.165, 1.54) is 19.3 Å². The van der Waals surface area contributed by atoms with E-state index in [2.05, 4.69) is 28.2 Å². The molecule has 0 bridgehead atoms. The molecule has 1 fully saturated rings. The molecule has 1 aromatic rings. The quantitative estimate of drug-likeness (QED) is 0.340. The molecule has 1 saturated carbocycles. The molecule has 8 nitrogen and oxygen atoms in total. The molecular weight excluding hydrogens is 408 g/mol. The summed E-state index contributed by atoms with van der Waals surface area (Å²) in [7, 11) is 0. The maximum absolute atomic E-state index is 12.7. The number of hydrogen-bond donors (Lipinski definition) is 4. The molecule has 0 spiro atoms. The Bertz CT molecular complexity index is 733. The molecule has 8 heteroatoms. The molecule has 3 amide bonds. The Balaban J connectivity index is 1.80. The van der Waals surface area contributed by atoms with Crippen LogP contribution in [0.4, 0.5) is 0 Å². The van der Waals surface area contributed by atoms with Crippen molar-refractivity contribution in [2.45, 2.75) is 64.0 Å². The number of carbonyl (C=O) groups excluding carboxylic acids is 4. The predicted octanol–water partition coefficient (Wildman–Crippen LogP) is 1.09. The second-order valence-electron chi connectivity index (χ2n) is 8.33. The molecule has 1 aromatic carbocycles. The van der Waals surface area contributed by atoms with Gasteiger partial charge in [0.2, 0.25) is 17.7 Å². The van der Waals surface area contributed by atoms with E-state index in [4.69, 9.17) is 0 Å². The average Bonchev–Trinajstić information content (AvgIpc) is 2.81. The number of nitrogens with one attached hydrogen (secondary N) is 4. The average molecular weight is 445 g/mol. The van der Waals surface area contributed by atoms with Crippen molar-refractivity contribution >= 4 is 24.0 Å². The summed E-state index contributed by atoms with van der Waals surface area (Å²) in [4.78, 5) is 47.0. The van der Waals surface area contributed by atoms with Crippen LogP contribution in [0.25, 0.3) is 0 Å². The highest BCUT2D eigenvalue weighted by Crippen LogP contribution is 2.26. The highest BCUT2D eigenvalue weighted by molar-refractivity contribution is 5.88. The first kappa shape index (κ1) is 25.5. The van der Waals surface area contributed by atoms with Crippen molar-refractivity contribution in [1.29, 1.82) is 0 Å². The topological polar surface area (TPSA) is 116 Å². The summed E-state index contributed by atoms with van der Waals surface area (Å²) in [6.45, 7) is 2.28. The molecule has 0 aliphatic heterocycles. The zero-order valence-corrected chi connectivity index (χ0v) is 18.9. The van der Waals surface area contributed by atoms with Gasteiger partial charge in [-0.3, -0.25) is 14.4 Å². The third-order valence-corrected chi connectivity index (χ3v) is 5.94. The van der Waals surface area contributed by atoms with Crippen LogP contribution < -0.4 is 21.3 Å². The maximum atomic E-state index is 12.7. The molecule has 1 atom stereocenters. The SMILES string of the molecule is CCC1CCC(NC(=O)CCN[C@@H](Cc2ccccc2)C(=O)NCC(=O)NCC=O)CC1. The van der Waals surface area contributed by atoms with Crippen molar-refractivity contribution in [1.82, 2.24) is 21.3 Å². The van der Waals surface area contributed by atoms with Crippen molar-refractivity contribution in [2.24, 2.45) is 5.92 Å². The third kappa shape index (κ3) is 9.60. The van der Waals surface area contributed by atoms with Crippen molar-refractivity contribution in [3.63, 3.8) is 0 Å². The second kappa shape index (κ2) is 14.3. The Morgan fingerprint density at radius 2 is 1.75 bits per heavy atom. The molecule has 4 N–H and O–H groups in total. The van der Waals surface area contributed by atoms with E-state index in [9.17, 15) is 19.2 Å². The fourth-order valence-corrected chi connectivity index (χ4v) is 3.99. The Kier molecular flexibility index (Phi) is 11.4. The van der Waals surface area contributed by atoms with Gasteiger partial charge < -0.3 is 26.1 Å². The second-order valence-corrected chi connectivity index (χ2v) is 8.33. The number of rotatable bonds is 13. The van der Waals surface area contributed by atoms with Crippen LogP contribution in [0.5, 0.6) is 0 Å². The van der Waals surface area contributed by atoms with E-state index in [0.717, 1.165) is 24.3 Å². The van der Waals surface area contributed by atoms with Crippen LogP contribution in [0.2, 0.25) is 0 Å². The Labute approximate surface area is 190 Å². The van der Waals surface area contributed by atoms with Crippen LogP contribution in [0.1, 0.15) is 51.0 Å². The van der Waals surface area contributed by atoms with E-state index < -0.39 is 11.9 Å². The molecule has 0 radical (unpaired) electrons. The summed E-state index contributed by atoms with van der Waals surface area (Å²) >= 11 is 0. The molecule has 0 heterocycles. The van der Waals surface area contributed by atoms with Crippen molar-refractivity contribution in [2.75, 3.05) is 19.6 Å². The van der Waals surface area contributed by atoms with Gasteiger partial charge in [0.25, 0.3) is 0 Å². The van der Waals surface area contributed by atoms with E-state index >= 15 is 0 Å². The monoisotopic (exact) mass is 444 g/mol. The first-order valence-electron chi connectivity index (χ1n) is 11.6. The predicted molar refractivity (Wildman–Crippen MR) is 123 cm³/mol. The number of benzene rings is 1. The largest absolute Gasteiger partial charge is 0.353 e. The van der Waals surface area contributed by atoms with Crippen LogP contribution in [0, 0.1) is 5.92 Å². The highest BCUT2D eigenvalue weighted by Gasteiger charge is 2.22. The molecule has 32 heavy (non-hydrogen) atoms. The molecule has 0 saturated heterocycles. The number of amides is 3. The lowest BCUT2D eigenvalue weighted by atomic mass is 9.84.